The van der Waals surface area contributed by atoms with Gasteiger partial charge in [0.2, 0.25) is 0 Å². The standard InChI is InChI=1S/C34H36N4O6/c39-33(43-25-27-9-3-1-4-10-27)35-21-7-23-41-31-17-13-29(14-18-31)37-38-30-15-19-32(20-16-30)42-24-8-22-36-34(40)44-26-28-11-5-2-6-12-28/h1-6,9-20H,7-8,21-26H2,(H,35,39)(H,36,40). The minimum atomic E-state index is -0.450. The molecule has 228 valence electrons. The van der Waals surface area contributed by atoms with Crippen molar-refractivity contribution in [2.45, 2.75) is 26.1 Å². The summed E-state index contributed by atoms with van der Waals surface area (Å²) in [6.07, 6.45) is 0.383. The third-order valence-electron chi connectivity index (χ3n) is 6.10. The van der Waals surface area contributed by atoms with Crippen LogP contribution in [-0.4, -0.2) is 38.5 Å². The summed E-state index contributed by atoms with van der Waals surface area (Å²) in [5, 5.41) is 14.0. The first kappa shape index (κ1) is 31.6. The van der Waals surface area contributed by atoms with Crippen molar-refractivity contribution in [1.82, 2.24) is 10.6 Å². The Bertz CT molecular complexity index is 1320. The number of carbonyl (C=O) groups is 2. The zero-order chi connectivity index (χ0) is 30.7. The van der Waals surface area contributed by atoms with Crippen LogP contribution in [0.1, 0.15) is 24.0 Å². The molecule has 0 aromatic heterocycles. The Morgan fingerprint density at radius 1 is 0.523 bits per heavy atom. The quantitative estimate of drug-likeness (QED) is 0.102. The number of amides is 2. The molecule has 0 aliphatic rings. The fourth-order valence-electron chi connectivity index (χ4n) is 3.79. The van der Waals surface area contributed by atoms with Gasteiger partial charge in [0.15, 0.2) is 0 Å². The highest BCUT2D eigenvalue weighted by molar-refractivity contribution is 5.67. The van der Waals surface area contributed by atoms with Crippen molar-refractivity contribution >= 4 is 23.6 Å². The van der Waals surface area contributed by atoms with Crippen LogP contribution in [0.25, 0.3) is 0 Å². The second kappa shape index (κ2) is 18.2. The first-order valence-electron chi connectivity index (χ1n) is 14.4. The number of rotatable bonds is 16. The molecular weight excluding hydrogens is 560 g/mol. The Balaban J connectivity index is 1.04. The van der Waals surface area contributed by atoms with Crippen LogP contribution >= 0.6 is 0 Å². The van der Waals surface area contributed by atoms with Gasteiger partial charge in [-0.2, -0.15) is 10.2 Å². The fourth-order valence-corrected chi connectivity index (χ4v) is 3.79. The van der Waals surface area contributed by atoms with Crippen molar-refractivity contribution in [2.75, 3.05) is 26.3 Å². The van der Waals surface area contributed by atoms with Crippen molar-refractivity contribution in [2.24, 2.45) is 10.2 Å². The molecule has 0 unspecified atom stereocenters. The summed E-state index contributed by atoms with van der Waals surface area (Å²) in [6.45, 7) is 2.28. The number of nitrogens with zero attached hydrogens (tertiary/aromatic N) is 2. The molecule has 44 heavy (non-hydrogen) atoms. The second-order valence-corrected chi connectivity index (χ2v) is 9.57. The average Bonchev–Trinajstić information content (AvgIpc) is 3.07. The third kappa shape index (κ3) is 12.2. The van der Waals surface area contributed by atoms with Crippen molar-refractivity contribution in [3.8, 4) is 11.5 Å². The van der Waals surface area contributed by atoms with Crippen LogP contribution in [0, 0.1) is 0 Å². The Morgan fingerprint density at radius 2 is 0.909 bits per heavy atom. The Morgan fingerprint density at radius 3 is 1.30 bits per heavy atom. The van der Waals surface area contributed by atoms with Crippen LogP contribution < -0.4 is 20.1 Å². The number of nitrogens with one attached hydrogen (secondary N) is 2. The molecule has 0 heterocycles. The molecule has 0 fully saturated rings. The molecule has 0 aliphatic carbocycles. The summed E-state index contributed by atoms with van der Waals surface area (Å²) in [5.41, 5.74) is 3.26. The van der Waals surface area contributed by atoms with Crippen LogP contribution in [0.2, 0.25) is 0 Å². The van der Waals surface area contributed by atoms with Gasteiger partial charge in [-0.3, -0.25) is 0 Å². The number of hydrogen-bond acceptors (Lipinski definition) is 8. The minimum absolute atomic E-state index is 0.239. The molecule has 0 aliphatic heterocycles. The molecule has 0 saturated heterocycles. The summed E-state index contributed by atoms with van der Waals surface area (Å²) >= 11 is 0. The molecule has 10 heteroatoms. The van der Waals surface area contributed by atoms with Gasteiger partial charge in [-0.25, -0.2) is 9.59 Å². The van der Waals surface area contributed by atoms with Gasteiger partial charge >= 0.3 is 12.2 Å². The molecule has 2 N–H and O–H groups in total. The van der Waals surface area contributed by atoms with E-state index in [1.54, 1.807) is 0 Å². The minimum Gasteiger partial charge on any atom is -0.494 e. The fraction of sp³-hybridized carbons (Fsp3) is 0.235. The van der Waals surface area contributed by atoms with E-state index >= 15 is 0 Å². The molecule has 0 radical (unpaired) electrons. The molecule has 0 atom stereocenters. The van der Waals surface area contributed by atoms with E-state index in [0.29, 0.717) is 62.0 Å². The highest BCUT2D eigenvalue weighted by Gasteiger charge is 2.04. The predicted octanol–water partition coefficient (Wildman–Crippen LogP) is 7.49. The molecule has 0 saturated carbocycles. The summed E-state index contributed by atoms with van der Waals surface area (Å²) in [5.74, 6) is 1.41. The summed E-state index contributed by atoms with van der Waals surface area (Å²) in [6, 6.07) is 33.6. The number of azo groups is 1. The van der Waals surface area contributed by atoms with E-state index in [1.165, 1.54) is 0 Å². The van der Waals surface area contributed by atoms with Crippen LogP contribution in [0.3, 0.4) is 0 Å². The molecule has 10 nitrogen and oxygen atoms in total. The molecule has 0 spiro atoms. The zero-order valence-corrected chi connectivity index (χ0v) is 24.4. The van der Waals surface area contributed by atoms with Gasteiger partial charge in [0, 0.05) is 13.1 Å². The third-order valence-corrected chi connectivity index (χ3v) is 6.10. The molecule has 4 aromatic rings. The smallest absolute Gasteiger partial charge is 0.407 e. The van der Waals surface area contributed by atoms with Gasteiger partial charge in [-0.1, -0.05) is 60.7 Å². The Hall–Kier alpha value is -5.38. The summed E-state index contributed by atoms with van der Waals surface area (Å²) in [7, 11) is 0. The molecule has 4 aromatic carbocycles. The number of ether oxygens (including phenoxy) is 4. The largest absolute Gasteiger partial charge is 0.494 e. The highest BCUT2D eigenvalue weighted by atomic mass is 16.6. The van der Waals surface area contributed by atoms with E-state index in [-0.39, 0.29) is 13.2 Å². The van der Waals surface area contributed by atoms with Crippen LogP contribution in [0.5, 0.6) is 11.5 Å². The van der Waals surface area contributed by atoms with E-state index in [9.17, 15) is 9.59 Å². The van der Waals surface area contributed by atoms with Crippen molar-refractivity contribution in [1.29, 1.82) is 0 Å². The maximum atomic E-state index is 11.8. The van der Waals surface area contributed by atoms with Gasteiger partial charge in [0.1, 0.15) is 24.7 Å². The van der Waals surface area contributed by atoms with Crippen molar-refractivity contribution in [3.05, 3.63) is 120 Å². The van der Waals surface area contributed by atoms with E-state index in [0.717, 1.165) is 11.1 Å². The number of hydrogen-bond donors (Lipinski definition) is 2. The number of alkyl carbamates (subject to hydrolysis) is 2. The maximum absolute atomic E-state index is 11.8. The normalized spacial score (nSPS) is 10.6. The van der Waals surface area contributed by atoms with Crippen LogP contribution in [0.4, 0.5) is 21.0 Å². The summed E-state index contributed by atoms with van der Waals surface area (Å²) < 4.78 is 21.8. The molecule has 4 rings (SSSR count). The zero-order valence-electron chi connectivity index (χ0n) is 24.4. The van der Waals surface area contributed by atoms with E-state index in [1.807, 2.05) is 109 Å². The monoisotopic (exact) mass is 596 g/mol. The average molecular weight is 597 g/mol. The summed E-state index contributed by atoms with van der Waals surface area (Å²) in [4.78, 5) is 23.6. The molecule has 2 amide bonds. The Kier molecular flexibility index (Phi) is 13.1. The van der Waals surface area contributed by atoms with E-state index in [4.69, 9.17) is 18.9 Å². The lowest BCUT2D eigenvalue weighted by Gasteiger charge is -2.08. The predicted molar refractivity (Wildman–Crippen MR) is 167 cm³/mol. The van der Waals surface area contributed by atoms with Crippen molar-refractivity contribution in [3.63, 3.8) is 0 Å². The van der Waals surface area contributed by atoms with Gasteiger partial charge in [-0.15, -0.1) is 0 Å². The molecular formula is C34H36N4O6. The lowest BCUT2D eigenvalue weighted by molar-refractivity contribution is 0.138. The van der Waals surface area contributed by atoms with E-state index in [2.05, 4.69) is 20.9 Å². The van der Waals surface area contributed by atoms with Gasteiger partial charge in [-0.05, 0) is 72.5 Å². The SMILES string of the molecule is O=C(NCCCOc1ccc(N=Nc2ccc(OCCCNC(=O)OCc3ccccc3)cc2)cc1)OCc1ccccc1. The van der Waals surface area contributed by atoms with Gasteiger partial charge < -0.3 is 29.6 Å². The number of carbonyl (C=O) groups excluding carboxylic acids is 2. The topological polar surface area (TPSA) is 120 Å². The van der Waals surface area contributed by atoms with Crippen LogP contribution in [0.15, 0.2) is 119 Å². The van der Waals surface area contributed by atoms with Gasteiger partial charge in [0.05, 0.1) is 24.6 Å². The first-order chi connectivity index (χ1) is 21.6. The first-order valence-corrected chi connectivity index (χ1v) is 14.4. The van der Waals surface area contributed by atoms with Crippen LogP contribution in [-0.2, 0) is 22.7 Å². The molecule has 0 bridgehead atoms. The van der Waals surface area contributed by atoms with Crippen molar-refractivity contribution < 1.29 is 28.5 Å². The van der Waals surface area contributed by atoms with Gasteiger partial charge in [0.25, 0.3) is 0 Å². The lowest BCUT2D eigenvalue weighted by atomic mass is 10.2. The second-order valence-electron chi connectivity index (χ2n) is 9.57. The van der Waals surface area contributed by atoms with E-state index < -0.39 is 12.2 Å². The number of benzene rings is 4. The highest BCUT2D eigenvalue weighted by Crippen LogP contribution is 2.23. The lowest BCUT2D eigenvalue weighted by Crippen LogP contribution is -2.26. The Labute approximate surface area is 257 Å². The maximum Gasteiger partial charge on any atom is 0.407 e.